The molecule has 0 aliphatic carbocycles. The molecule has 0 unspecified atom stereocenters. The van der Waals surface area contributed by atoms with Gasteiger partial charge in [0.05, 0.1) is 0 Å². The van der Waals surface area contributed by atoms with Gasteiger partial charge in [0.15, 0.2) is 5.76 Å². The normalized spacial score (nSPS) is 11.1. The number of aldehydes is 1. The van der Waals surface area contributed by atoms with E-state index in [4.69, 9.17) is 9.47 Å². The van der Waals surface area contributed by atoms with Gasteiger partial charge in [-0.3, -0.25) is 9.59 Å². The van der Waals surface area contributed by atoms with Crippen molar-refractivity contribution in [3.8, 4) is 0 Å². The van der Waals surface area contributed by atoms with Crippen LogP contribution < -0.4 is 0 Å². The van der Waals surface area contributed by atoms with E-state index < -0.39 is 5.97 Å². The molecule has 0 aliphatic heterocycles. The van der Waals surface area contributed by atoms with E-state index in [0.29, 0.717) is 12.9 Å². The molecular weight excluding hydrogens is 184 g/mol. The van der Waals surface area contributed by atoms with Gasteiger partial charge in [0.25, 0.3) is 0 Å². The van der Waals surface area contributed by atoms with Crippen LogP contribution in [0, 0.1) is 0 Å². The summed E-state index contributed by atoms with van der Waals surface area (Å²) < 4.78 is 9.63. The molecule has 0 saturated carbocycles. The summed E-state index contributed by atoms with van der Waals surface area (Å²) in [6, 6.07) is 0. The zero-order chi connectivity index (χ0) is 10.8. The van der Waals surface area contributed by atoms with Crippen molar-refractivity contribution in [2.45, 2.75) is 6.92 Å². The van der Waals surface area contributed by atoms with E-state index in [1.165, 1.54) is 25.3 Å². The van der Waals surface area contributed by atoms with Crippen molar-refractivity contribution in [3.05, 3.63) is 36.8 Å². The molecule has 0 heterocycles. The standard InChI is InChI=1S/C10H12O4/c1-3-7-13-8-10(5-4-6-11)14-9(2)12/h3-6,8H,1,7H2,2H3. The molecule has 0 amide bonds. The number of carbonyl (C=O) groups is 2. The molecule has 0 aromatic heterocycles. The minimum absolute atomic E-state index is 0.173. The fourth-order valence-corrected chi connectivity index (χ4v) is 0.596. The van der Waals surface area contributed by atoms with Gasteiger partial charge >= 0.3 is 5.97 Å². The van der Waals surface area contributed by atoms with Crippen molar-refractivity contribution in [1.29, 1.82) is 0 Å². The van der Waals surface area contributed by atoms with E-state index in [-0.39, 0.29) is 5.76 Å². The maximum Gasteiger partial charge on any atom is 0.308 e. The van der Waals surface area contributed by atoms with E-state index in [1.54, 1.807) is 6.08 Å². The van der Waals surface area contributed by atoms with Crippen LogP contribution in [0.2, 0.25) is 0 Å². The molecule has 0 radical (unpaired) electrons. The Balaban J connectivity index is 4.28. The lowest BCUT2D eigenvalue weighted by Crippen LogP contribution is -1.98. The van der Waals surface area contributed by atoms with Gasteiger partial charge in [-0.1, -0.05) is 12.7 Å². The van der Waals surface area contributed by atoms with Gasteiger partial charge < -0.3 is 9.47 Å². The summed E-state index contributed by atoms with van der Waals surface area (Å²) in [5.74, 6) is -0.305. The van der Waals surface area contributed by atoms with Crippen LogP contribution in [0.25, 0.3) is 0 Å². The highest BCUT2D eigenvalue weighted by atomic mass is 16.5. The molecule has 14 heavy (non-hydrogen) atoms. The highest BCUT2D eigenvalue weighted by Gasteiger charge is 1.97. The monoisotopic (exact) mass is 196 g/mol. The molecule has 0 aromatic carbocycles. The highest BCUT2D eigenvalue weighted by molar-refractivity contribution is 5.69. The van der Waals surface area contributed by atoms with Gasteiger partial charge in [-0.05, 0) is 12.2 Å². The molecule has 0 fully saturated rings. The molecule has 0 N–H and O–H groups in total. The Bertz CT molecular complexity index is 263. The van der Waals surface area contributed by atoms with Gasteiger partial charge in [-0.2, -0.15) is 0 Å². The first-order valence-electron chi connectivity index (χ1n) is 3.93. The second-order valence-corrected chi connectivity index (χ2v) is 2.23. The molecule has 0 atom stereocenters. The average molecular weight is 196 g/mol. The Morgan fingerprint density at radius 1 is 1.50 bits per heavy atom. The number of carbonyl (C=O) groups excluding carboxylic acids is 2. The molecule has 4 heteroatoms. The van der Waals surface area contributed by atoms with Crippen molar-refractivity contribution in [2.24, 2.45) is 0 Å². The zero-order valence-corrected chi connectivity index (χ0v) is 7.93. The maximum atomic E-state index is 10.6. The summed E-state index contributed by atoms with van der Waals surface area (Å²) >= 11 is 0. The van der Waals surface area contributed by atoms with Crippen LogP contribution in [0.4, 0.5) is 0 Å². The molecule has 0 aliphatic rings. The van der Waals surface area contributed by atoms with Crippen LogP contribution in [0.5, 0.6) is 0 Å². The predicted molar refractivity (Wildman–Crippen MR) is 51.2 cm³/mol. The van der Waals surface area contributed by atoms with Crippen LogP contribution in [-0.4, -0.2) is 18.9 Å². The maximum absolute atomic E-state index is 10.6. The van der Waals surface area contributed by atoms with E-state index >= 15 is 0 Å². The number of allylic oxidation sites excluding steroid dienone is 2. The molecule has 76 valence electrons. The van der Waals surface area contributed by atoms with Crippen molar-refractivity contribution in [2.75, 3.05) is 6.61 Å². The molecule has 0 spiro atoms. The second-order valence-electron chi connectivity index (χ2n) is 2.23. The first kappa shape index (κ1) is 12.2. The smallest absolute Gasteiger partial charge is 0.308 e. The zero-order valence-electron chi connectivity index (χ0n) is 7.93. The second kappa shape index (κ2) is 7.79. The lowest BCUT2D eigenvalue weighted by Gasteiger charge is -2.01. The largest absolute Gasteiger partial charge is 0.493 e. The SMILES string of the molecule is C=CCOC=C(C=CC=O)OC(C)=O. The van der Waals surface area contributed by atoms with Crippen LogP contribution in [0.1, 0.15) is 6.92 Å². The molecule has 4 nitrogen and oxygen atoms in total. The third-order valence-electron chi connectivity index (χ3n) is 1.01. The fourth-order valence-electron chi connectivity index (χ4n) is 0.596. The first-order valence-corrected chi connectivity index (χ1v) is 3.93. The van der Waals surface area contributed by atoms with E-state index in [2.05, 4.69) is 6.58 Å². The van der Waals surface area contributed by atoms with Gasteiger partial charge in [0.1, 0.15) is 19.2 Å². The molecule has 0 rings (SSSR count). The van der Waals surface area contributed by atoms with E-state index in [9.17, 15) is 9.59 Å². The van der Waals surface area contributed by atoms with Crippen molar-refractivity contribution >= 4 is 12.3 Å². The van der Waals surface area contributed by atoms with Crippen LogP contribution in [0.15, 0.2) is 36.8 Å². The summed E-state index contributed by atoms with van der Waals surface area (Å²) in [6.07, 6.45) is 5.89. The molecular formula is C10H12O4. The summed E-state index contributed by atoms with van der Waals surface area (Å²) in [5, 5.41) is 0. The van der Waals surface area contributed by atoms with Crippen molar-refractivity contribution < 1.29 is 19.1 Å². The van der Waals surface area contributed by atoms with Crippen LogP contribution in [0.3, 0.4) is 0 Å². The molecule has 0 saturated heterocycles. The Hall–Kier alpha value is -1.84. The Labute approximate surface area is 82.5 Å². The first-order chi connectivity index (χ1) is 6.70. The predicted octanol–water partition coefficient (Wildman–Crippen LogP) is 1.35. The topological polar surface area (TPSA) is 52.6 Å². The Morgan fingerprint density at radius 2 is 2.21 bits per heavy atom. The number of rotatable bonds is 6. The van der Waals surface area contributed by atoms with E-state index in [1.807, 2.05) is 0 Å². The number of hydrogen-bond acceptors (Lipinski definition) is 4. The quantitative estimate of drug-likeness (QED) is 0.122. The van der Waals surface area contributed by atoms with Crippen LogP contribution in [-0.2, 0) is 19.1 Å². The van der Waals surface area contributed by atoms with Crippen molar-refractivity contribution in [3.63, 3.8) is 0 Å². The third-order valence-corrected chi connectivity index (χ3v) is 1.01. The lowest BCUT2D eigenvalue weighted by atomic mass is 10.4. The lowest BCUT2D eigenvalue weighted by molar-refractivity contribution is -0.136. The molecule has 0 aromatic rings. The number of esters is 1. The molecule has 0 bridgehead atoms. The Morgan fingerprint density at radius 3 is 2.71 bits per heavy atom. The summed E-state index contributed by atoms with van der Waals surface area (Å²) in [5.41, 5.74) is 0. The van der Waals surface area contributed by atoms with Gasteiger partial charge in [0.2, 0.25) is 0 Å². The van der Waals surface area contributed by atoms with E-state index in [0.717, 1.165) is 0 Å². The van der Waals surface area contributed by atoms with Gasteiger partial charge in [0, 0.05) is 6.92 Å². The number of hydrogen-bond donors (Lipinski definition) is 0. The third kappa shape index (κ3) is 6.84. The summed E-state index contributed by atoms with van der Waals surface area (Å²) in [6.45, 7) is 5.01. The summed E-state index contributed by atoms with van der Waals surface area (Å²) in [4.78, 5) is 20.6. The average Bonchev–Trinajstić information content (AvgIpc) is 2.13. The minimum atomic E-state index is -0.478. The van der Waals surface area contributed by atoms with Gasteiger partial charge in [-0.15, -0.1) is 0 Å². The van der Waals surface area contributed by atoms with Crippen LogP contribution >= 0.6 is 0 Å². The fraction of sp³-hybridized carbons (Fsp3) is 0.200. The van der Waals surface area contributed by atoms with Gasteiger partial charge in [-0.25, -0.2) is 0 Å². The highest BCUT2D eigenvalue weighted by Crippen LogP contribution is 2.00. The number of ether oxygens (including phenoxy) is 2. The summed E-state index contributed by atoms with van der Waals surface area (Å²) in [7, 11) is 0. The van der Waals surface area contributed by atoms with Crippen molar-refractivity contribution in [1.82, 2.24) is 0 Å². The minimum Gasteiger partial charge on any atom is -0.493 e. The Kier molecular flexibility index (Phi) is 6.77.